The summed E-state index contributed by atoms with van der Waals surface area (Å²) in [5, 5.41) is 21.1. The smallest absolute Gasteiger partial charge is 0.265 e. The van der Waals surface area contributed by atoms with E-state index < -0.39 is 17.2 Å². The van der Waals surface area contributed by atoms with Crippen molar-refractivity contribution in [2.75, 3.05) is 5.32 Å². The summed E-state index contributed by atoms with van der Waals surface area (Å²) in [6.07, 6.45) is 11.2. The van der Waals surface area contributed by atoms with Crippen LogP contribution in [0.25, 0.3) is 5.65 Å². The molecule has 10 nitrogen and oxygen atoms in total. The molecule has 0 saturated heterocycles. The van der Waals surface area contributed by atoms with Gasteiger partial charge in [-0.05, 0) is 80.6 Å². The highest BCUT2D eigenvalue weighted by Gasteiger charge is 2.23. The van der Waals surface area contributed by atoms with E-state index in [1.807, 2.05) is 31.2 Å². The normalized spacial score (nSPS) is 12.6. The van der Waals surface area contributed by atoms with E-state index in [9.17, 15) is 14.1 Å². The standard InChI is InChI=1S/C38H44Cl3N5O5S/c1-3-4-5-6-7-8-9-10-13-34(50-33-22-20-29(24-31(33)40)52(49)51-28-19-21-32(47)30(39)23-28)38(48)42-27-17-15-26(16-18-27)12-11-14-35-43-37-36(41)25(2)44-46(37)45-35/h15-24,34,44,47H,3-14H2,1-2H3,(H,42,48). The van der Waals surface area contributed by atoms with Gasteiger partial charge >= 0.3 is 0 Å². The van der Waals surface area contributed by atoms with Gasteiger partial charge in [0.25, 0.3) is 5.91 Å². The van der Waals surface area contributed by atoms with Crippen LogP contribution in [0.3, 0.4) is 0 Å². The lowest BCUT2D eigenvalue weighted by Crippen LogP contribution is -2.33. The number of nitrogens with one attached hydrogen (secondary N) is 2. The van der Waals surface area contributed by atoms with Gasteiger partial charge in [-0.1, -0.05) is 98.8 Å². The molecule has 52 heavy (non-hydrogen) atoms. The molecule has 0 aliphatic rings. The molecule has 278 valence electrons. The highest BCUT2D eigenvalue weighted by Crippen LogP contribution is 2.32. The monoisotopic (exact) mass is 787 g/mol. The van der Waals surface area contributed by atoms with Crippen molar-refractivity contribution in [3.8, 4) is 17.2 Å². The lowest BCUT2D eigenvalue weighted by Gasteiger charge is -2.20. The number of benzene rings is 3. The number of carbonyl (C=O) groups excluding carboxylic acids is 1. The number of phenols is 1. The van der Waals surface area contributed by atoms with Crippen molar-refractivity contribution in [1.29, 1.82) is 0 Å². The largest absolute Gasteiger partial charge is 0.506 e. The summed E-state index contributed by atoms with van der Waals surface area (Å²) >= 11 is 16.9. The van der Waals surface area contributed by atoms with E-state index in [2.05, 4.69) is 27.4 Å². The molecule has 2 heterocycles. The Morgan fingerprint density at radius 2 is 1.65 bits per heavy atom. The molecular weight excluding hydrogens is 745 g/mol. The Morgan fingerprint density at radius 1 is 0.923 bits per heavy atom. The van der Waals surface area contributed by atoms with Gasteiger partial charge in [0.1, 0.15) is 22.3 Å². The number of aromatic amines is 1. The molecular formula is C38H44Cl3N5O5S. The number of rotatable bonds is 20. The summed E-state index contributed by atoms with van der Waals surface area (Å²) in [6.45, 7) is 4.09. The second-order valence-corrected chi connectivity index (χ2v) is 15.0. The summed E-state index contributed by atoms with van der Waals surface area (Å²) in [4.78, 5) is 18.4. The topological polar surface area (TPSA) is 131 Å². The first-order valence-electron chi connectivity index (χ1n) is 17.7. The van der Waals surface area contributed by atoms with Crippen LogP contribution in [0.5, 0.6) is 17.2 Å². The molecule has 0 aliphatic heterocycles. The lowest BCUT2D eigenvalue weighted by atomic mass is 10.0. The number of amides is 1. The molecule has 5 rings (SSSR count). The average Bonchev–Trinajstić information content (AvgIpc) is 3.64. The Hall–Kier alpha value is -3.77. The molecule has 2 unspecified atom stereocenters. The molecule has 1 amide bonds. The molecule has 0 aliphatic carbocycles. The Bertz CT molecular complexity index is 1970. The number of aromatic nitrogens is 4. The number of ether oxygens (including phenoxy) is 1. The first-order valence-corrected chi connectivity index (χ1v) is 19.9. The van der Waals surface area contributed by atoms with Gasteiger partial charge in [-0.3, -0.25) is 9.89 Å². The van der Waals surface area contributed by atoms with Gasteiger partial charge in [0.15, 0.2) is 17.6 Å². The van der Waals surface area contributed by atoms with Crippen molar-refractivity contribution in [1.82, 2.24) is 19.8 Å². The number of anilines is 1. The number of aryl methyl sites for hydroxylation is 3. The van der Waals surface area contributed by atoms with Gasteiger partial charge in [0.2, 0.25) is 11.1 Å². The zero-order valence-corrected chi connectivity index (χ0v) is 32.4. The Morgan fingerprint density at radius 3 is 2.35 bits per heavy atom. The highest BCUT2D eigenvalue weighted by atomic mass is 35.5. The maximum Gasteiger partial charge on any atom is 0.265 e. The van der Waals surface area contributed by atoms with Gasteiger partial charge in [-0.15, -0.1) is 5.10 Å². The van der Waals surface area contributed by atoms with Crippen molar-refractivity contribution in [2.45, 2.75) is 102 Å². The van der Waals surface area contributed by atoms with Crippen molar-refractivity contribution >= 4 is 63.1 Å². The van der Waals surface area contributed by atoms with Crippen molar-refractivity contribution in [2.24, 2.45) is 0 Å². The zero-order chi connectivity index (χ0) is 37.0. The maximum atomic E-state index is 13.6. The molecule has 3 N–H and O–H groups in total. The number of unbranched alkanes of at least 4 members (excludes halogenated alkanes) is 7. The number of fused-ring (bicyclic) bond motifs is 1. The van der Waals surface area contributed by atoms with Gasteiger partial charge in [-0.25, -0.2) is 9.19 Å². The third-order valence-electron chi connectivity index (χ3n) is 8.61. The van der Waals surface area contributed by atoms with Crippen LogP contribution in [0.2, 0.25) is 15.1 Å². The van der Waals surface area contributed by atoms with Gasteiger partial charge < -0.3 is 19.3 Å². The SMILES string of the molecule is CCCCCCCCCCC(Oc1ccc(S(=O)Oc2ccc(O)c(Cl)c2)cc1Cl)C(=O)Nc1ccc(CCCc2nc3c(Cl)c(C)[nH]n3n2)cc1. The number of H-pyrrole nitrogens is 1. The molecule has 0 fully saturated rings. The van der Waals surface area contributed by atoms with E-state index in [1.165, 1.54) is 56.4 Å². The van der Waals surface area contributed by atoms with Crippen LogP contribution < -0.4 is 14.2 Å². The summed E-state index contributed by atoms with van der Waals surface area (Å²) in [5.74, 6) is 0.867. The number of nitrogens with zero attached hydrogens (tertiary/aromatic N) is 3. The van der Waals surface area contributed by atoms with Crippen molar-refractivity contribution in [3.05, 3.63) is 92.8 Å². The fraction of sp³-hybridized carbons (Fsp3) is 0.395. The minimum atomic E-state index is -1.92. The minimum absolute atomic E-state index is 0.0763. The van der Waals surface area contributed by atoms with Crippen LogP contribution in [0.1, 0.15) is 88.2 Å². The zero-order valence-electron chi connectivity index (χ0n) is 29.3. The van der Waals surface area contributed by atoms with Crippen LogP contribution in [-0.4, -0.2) is 41.1 Å². The van der Waals surface area contributed by atoms with Crippen molar-refractivity contribution in [3.63, 3.8) is 0 Å². The fourth-order valence-corrected chi connectivity index (χ4v) is 7.09. The van der Waals surface area contributed by atoms with Crippen LogP contribution in [0.15, 0.2) is 65.6 Å². The molecule has 2 atom stereocenters. The number of phenolic OH excluding ortho intramolecular Hbond substituents is 1. The lowest BCUT2D eigenvalue weighted by molar-refractivity contribution is -0.123. The summed E-state index contributed by atoms with van der Waals surface area (Å²) < 4.78 is 26.2. The third kappa shape index (κ3) is 11.1. The van der Waals surface area contributed by atoms with E-state index in [-0.39, 0.29) is 27.5 Å². The second-order valence-electron chi connectivity index (χ2n) is 12.7. The molecule has 3 aromatic carbocycles. The molecule has 0 saturated carbocycles. The predicted octanol–water partition coefficient (Wildman–Crippen LogP) is 10.2. The Balaban J connectivity index is 1.17. The van der Waals surface area contributed by atoms with Crippen LogP contribution >= 0.6 is 34.8 Å². The highest BCUT2D eigenvalue weighted by molar-refractivity contribution is 7.80. The number of halogens is 3. The summed E-state index contributed by atoms with van der Waals surface area (Å²) in [6, 6.07) is 16.6. The van der Waals surface area contributed by atoms with E-state index >= 15 is 0 Å². The number of carbonyl (C=O) groups is 1. The minimum Gasteiger partial charge on any atom is -0.506 e. The molecule has 0 spiro atoms. The molecule has 2 aromatic heterocycles. The van der Waals surface area contributed by atoms with Crippen LogP contribution in [-0.2, 0) is 28.7 Å². The summed E-state index contributed by atoms with van der Waals surface area (Å²) in [7, 11) is 0. The third-order valence-corrected chi connectivity index (χ3v) is 10.6. The number of aromatic hydroxyl groups is 1. The first kappa shape index (κ1) is 39.4. The second kappa shape index (κ2) is 19.3. The Kier molecular flexibility index (Phi) is 14.7. The van der Waals surface area contributed by atoms with E-state index in [4.69, 9.17) is 43.7 Å². The quantitative estimate of drug-likeness (QED) is 0.0669. The molecule has 0 bridgehead atoms. The molecule has 0 radical (unpaired) electrons. The Labute approximate surface area is 321 Å². The summed E-state index contributed by atoms with van der Waals surface area (Å²) in [5.41, 5.74) is 3.26. The first-order chi connectivity index (χ1) is 25.1. The van der Waals surface area contributed by atoms with E-state index in [1.54, 1.807) is 16.8 Å². The predicted molar refractivity (Wildman–Crippen MR) is 207 cm³/mol. The molecule has 5 aromatic rings. The van der Waals surface area contributed by atoms with Gasteiger partial charge in [-0.2, -0.15) is 4.63 Å². The van der Waals surface area contributed by atoms with E-state index in [0.717, 1.165) is 49.2 Å². The fourth-order valence-electron chi connectivity index (χ4n) is 5.70. The van der Waals surface area contributed by atoms with Gasteiger partial charge in [0.05, 0.1) is 20.6 Å². The van der Waals surface area contributed by atoms with Crippen LogP contribution in [0, 0.1) is 6.92 Å². The number of hydrogen-bond donors (Lipinski definition) is 3. The van der Waals surface area contributed by atoms with E-state index in [0.29, 0.717) is 39.8 Å². The van der Waals surface area contributed by atoms with Gasteiger partial charge in [0, 0.05) is 18.2 Å². The molecule has 14 heteroatoms. The number of hydrogen-bond acceptors (Lipinski definition) is 7. The average molecular weight is 789 g/mol. The maximum absolute atomic E-state index is 13.6. The van der Waals surface area contributed by atoms with Crippen LogP contribution in [0.4, 0.5) is 5.69 Å². The van der Waals surface area contributed by atoms with Crippen molar-refractivity contribution < 1.29 is 23.0 Å².